The van der Waals surface area contributed by atoms with Crippen molar-refractivity contribution in [1.82, 2.24) is 9.97 Å². The van der Waals surface area contributed by atoms with Gasteiger partial charge < -0.3 is 24.6 Å². The topological polar surface area (TPSA) is 110 Å². The number of aromatic nitrogens is 2. The molecule has 8 nitrogen and oxygen atoms in total. The number of halogens is 1. The molecule has 1 aromatic carbocycles. The number of nitriles is 1. The first kappa shape index (κ1) is 20.5. The fraction of sp³-hybridized carbons (Fsp3) is 0.500. The van der Waals surface area contributed by atoms with Crippen LogP contribution in [0.4, 0.5) is 11.6 Å². The number of fused-ring (bicyclic) bond motifs is 1. The van der Waals surface area contributed by atoms with E-state index in [4.69, 9.17) is 25.8 Å². The van der Waals surface area contributed by atoms with Crippen LogP contribution in [0.5, 0.6) is 5.88 Å². The van der Waals surface area contributed by atoms with Crippen LogP contribution in [-0.2, 0) is 14.9 Å². The lowest BCUT2D eigenvalue weighted by atomic mass is 9.80. The number of aliphatic hydroxyl groups excluding tert-OH is 1. The standard InChI is InChI=1S/C22H23ClN4O4/c23-15-9-25-21(27-20(15)31-17-11-30-18-16(28)10-29-19(17)18)26-14-5-3-13(4-6-14)22(12-24)7-1-2-8-22/h3-6,9,16-19,28H,1-2,7-8,10-11H2,(H,25,26,27)/t16-,17-,18-,19-/m1/s1. The number of hydrogen-bond donors (Lipinski definition) is 2. The van der Waals surface area contributed by atoms with Crippen molar-refractivity contribution in [3.63, 3.8) is 0 Å². The van der Waals surface area contributed by atoms with E-state index in [9.17, 15) is 10.4 Å². The lowest BCUT2D eigenvalue weighted by Crippen LogP contribution is -2.34. The van der Waals surface area contributed by atoms with Gasteiger partial charge in [-0.1, -0.05) is 36.6 Å². The van der Waals surface area contributed by atoms with Crippen molar-refractivity contribution in [2.45, 2.75) is 55.5 Å². The maximum atomic E-state index is 9.88. The summed E-state index contributed by atoms with van der Waals surface area (Å²) >= 11 is 6.23. The Morgan fingerprint density at radius 2 is 1.90 bits per heavy atom. The molecule has 0 spiro atoms. The first-order valence-electron chi connectivity index (χ1n) is 10.5. The molecule has 4 atom stereocenters. The molecule has 1 saturated carbocycles. The minimum Gasteiger partial charge on any atom is -0.468 e. The van der Waals surface area contributed by atoms with Crippen LogP contribution >= 0.6 is 11.6 Å². The molecule has 2 aliphatic heterocycles. The summed E-state index contributed by atoms with van der Waals surface area (Å²) in [4.78, 5) is 8.62. The van der Waals surface area contributed by atoms with Crippen molar-refractivity contribution >= 4 is 23.2 Å². The van der Waals surface area contributed by atoms with E-state index in [0.717, 1.165) is 36.9 Å². The van der Waals surface area contributed by atoms with Gasteiger partial charge in [0, 0.05) is 5.69 Å². The van der Waals surface area contributed by atoms with Crippen LogP contribution in [0.3, 0.4) is 0 Å². The summed E-state index contributed by atoms with van der Waals surface area (Å²) in [5.74, 6) is 0.565. The van der Waals surface area contributed by atoms with E-state index in [1.807, 2.05) is 24.3 Å². The SMILES string of the molecule is N#CC1(c2ccc(Nc3ncc(Cl)c(O[C@@H]4CO[C@H]5[C@@H]4OC[C@H]5O)n3)cc2)CCCC1. The fourth-order valence-electron chi connectivity index (χ4n) is 4.63. The Kier molecular flexibility index (Phi) is 5.44. The third-order valence-corrected chi connectivity index (χ3v) is 6.58. The van der Waals surface area contributed by atoms with Gasteiger partial charge in [-0.15, -0.1) is 0 Å². The molecule has 5 rings (SSSR count). The minimum absolute atomic E-state index is 0.225. The molecule has 0 radical (unpaired) electrons. The number of nitrogens with one attached hydrogen (secondary N) is 1. The molecule has 0 amide bonds. The predicted octanol–water partition coefficient (Wildman–Crippen LogP) is 3.11. The molecule has 9 heteroatoms. The van der Waals surface area contributed by atoms with Gasteiger partial charge in [-0.05, 0) is 30.5 Å². The van der Waals surface area contributed by atoms with E-state index in [1.165, 1.54) is 6.20 Å². The van der Waals surface area contributed by atoms with E-state index < -0.39 is 18.3 Å². The van der Waals surface area contributed by atoms with Crippen LogP contribution in [0.2, 0.25) is 5.02 Å². The molecule has 2 saturated heterocycles. The van der Waals surface area contributed by atoms with Gasteiger partial charge in [0.25, 0.3) is 0 Å². The number of rotatable bonds is 5. The highest BCUT2D eigenvalue weighted by Gasteiger charge is 2.48. The maximum absolute atomic E-state index is 9.88. The Hall–Kier alpha value is -2.44. The highest BCUT2D eigenvalue weighted by atomic mass is 35.5. The summed E-state index contributed by atoms with van der Waals surface area (Å²) < 4.78 is 17.1. The van der Waals surface area contributed by atoms with Crippen LogP contribution in [0, 0.1) is 11.3 Å². The molecule has 1 aromatic heterocycles. The fourth-order valence-corrected chi connectivity index (χ4v) is 4.76. The van der Waals surface area contributed by atoms with Gasteiger partial charge in [-0.25, -0.2) is 4.98 Å². The Morgan fingerprint density at radius 3 is 2.65 bits per heavy atom. The quantitative estimate of drug-likeness (QED) is 0.726. The summed E-state index contributed by atoms with van der Waals surface area (Å²) in [6.07, 6.45) is 3.67. The second-order valence-corrected chi connectivity index (χ2v) is 8.68. The van der Waals surface area contributed by atoms with E-state index in [2.05, 4.69) is 21.4 Å². The summed E-state index contributed by atoms with van der Waals surface area (Å²) in [5, 5.41) is 23.0. The number of nitrogens with zero attached hydrogens (tertiary/aromatic N) is 3. The summed E-state index contributed by atoms with van der Waals surface area (Å²) in [5.41, 5.74) is 1.48. The Balaban J connectivity index is 1.29. The van der Waals surface area contributed by atoms with E-state index in [-0.39, 0.29) is 35.6 Å². The second kappa shape index (κ2) is 8.24. The number of anilines is 2. The van der Waals surface area contributed by atoms with Crippen LogP contribution < -0.4 is 10.1 Å². The Morgan fingerprint density at radius 1 is 1.16 bits per heavy atom. The number of hydrogen-bond acceptors (Lipinski definition) is 8. The van der Waals surface area contributed by atoms with Crippen molar-refractivity contribution in [2.24, 2.45) is 0 Å². The summed E-state index contributed by atoms with van der Waals surface area (Å²) in [7, 11) is 0. The molecule has 31 heavy (non-hydrogen) atoms. The van der Waals surface area contributed by atoms with Crippen molar-refractivity contribution in [3.8, 4) is 11.9 Å². The van der Waals surface area contributed by atoms with Gasteiger partial charge >= 0.3 is 0 Å². The number of aliphatic hydroxyl groups is 1. The lowest BCUT2D eigenvalue weighted by Gasteiger charge is -2.21. The average Bonchev–Trinajstić information content (AvgIpc) is 3.51. The van der Waals surface area contributed by atoms with Crippen molar-refractivity contribution in [1.29, 1.82) is 5.26 Å². The van der Waals surface area contributed by atoms with Gasteiger partial charge in [-0.2, -0.15) is 10.2 Å². The van der Waals surface area contributed by atoms with Gasteiger partial charge in [0.05, 0.1) is 30.9 Å². The van der Waals surface area contributed by atoms with Crippen LogP contribution in [-0.4, -0.2) is 52.7 Å². The van der Waals surface area contributed by atoms with E-state index >= 15 is 0 Å². The van der Waals surface area contributed by atoms with Crippen LogP contribution in [0.25, 0.3) is 0 Å². The first-order chi connectivity index (χ1) is 15.1. The molecule has 1 aliphatic carbocycles. The molecule has 2 aromatic rings. The Labute approximate surface area is 185 Å². The lowest BCUT2D eigenvalue weighted by molar-refractivity contribution is 0.00782. The van der Waals surface area contributed by atoms with Crippen molar-refractivity contribution in [3.05, 3.63) is 41.0 Å². The third kappa shape index (κ3) is 3.83. The van der Waals surface area contributed by atoms with Crippen molar-refractivity contribution < 1.29 is 19.3 Å². The normalized spacial score (nSPS) is 28.8. The monoisotopic (exact) mass is 442 g/mol. The number of benzene rings is 1. The summed E-state index contributed by atoms with van der Waals surface area (Å²) in [6, 6.07) is 10.3. The van der Waals surface area contributed by atoms with E-state index in [1.54, 1.807) is 0 Å². The largest absolute Gasteiger partial charge is 0.468 e. The van der Waals surface area contributed by atoms with Gasteiger partial charge in [0.2, 0.25) is 11.8 Å². The molecule has 3 aliphatic rings. The van der Waals surface area contributed by atoms with Crippen LogP contribution in [0.1, 0.15) is 31.2 Å². The zero-order valence-electron chi connectivity index (χ0n) is 16.8. The predicted molar refractivity (Wildman–Crippen MR) is 112 cm³/mol. The summed E-state index contributed by atoms with van der Waals surface area (Å²) in [6.45, 7) is 0.514. The average molecular weight is 443 g/mol. The molecular weight excluding hydrogens is 420 g/mol. The zero-order valence-corrected chi connectivity index (χ0v) is 17.6. The molecule has 0 bridgehead atoms. The first-order valence-corrected chi connectivity index (χ1v) is 10.8. The highest BCUT2D eigenvalue weighted by Crippen LogP contribution is 2.41. The minimum atomic E-state index is -0.649. The van der Waals surface area contributed by atoms with Crippen molar-refractivity contribution in [2.75, 3.05) is 18.5 Å². The zero-order chi connectivity index (χ0) is 21.4. The Bertz CT molecular complexity index is 990. The smallest absolute Gasteiger partial charge is 0.237 e. The third-order valence-electron chi connectivity index (χ3n) is 6.32. The highest BCUT2D eigenvalue weighted by molar-refractivity contribution is 6.31. The van der Waals surface area contributed by atoms with Gasteiger partial charge in [0.15, 0.2) is 6.10 Å². The molecule has 3 fully saturated rings. The maximum Gasteiger partial charge on any atom is 0.237 e. The molecule has 0 unspecified atom stereocenters. The molecular formula is C22H23ClN4O4. The molecule has 162 valence electrons. The van der Waals surface area contributed by atoms with Gasteiger partial charge in [0.1, 0.15) is 23.3 Å². The van der Waals surface area contributed by atoms with E-state index in [0.29, 0.717) is 5.95 Å². The van der Waals surface area contributed by atoms with Gasteiger partial charge in [-0.3, -0.25) is 0 Å². The molecule has 3 heterocycles. The second-order valence-electron chi connectivity index (χ2n) is 8.27. The number of ether oxygens (including phenoxy) is 3. The van der Waals surface area contributed by atoms with Crippen LogP contribution in [0.15, 0.2) is 30.5 Å². The molecule has 2 N–H and O–H groups in total.